The fourth-order valence-electron chi connectivity index (χ4n) is 5.09. The average Bonchev–Trinajstić information content (AvgIpc) is 3.26. The van der Waals surface area contributed by atoms with Crippen molar-refractivity contribution in [3.63, 3.8) is 0 Å². The number of piperidine rings is 2. The van der Waals surface area contributed by atoms with Gasteiger partial charge in [0.05, 0.1) is 4.91 Å². The third-order valence-electron chi connectivity index (χ3n) is 7.04. The quantitative estimate of drug-likeness (QED) is 0.631. The molecule has 188 valence electrons. The number of benzene rings is 1. The summed E-state index contributed by atoms with van der Waals surface area (Å²) in [7, 11) is 0. The number of hydrogen-bond acceptors (Lipinski definition) is 7. The molecule has 8 nitrogen and oxygen atoms in total. The van der Waals surface area contributed by atoms with Gasteiger partial charge in [-0.1, -0.05) is 6.42 Å². The van der Waals surface area contributed by atoms with E-state index in [1.807, 2.05) is 5.01 Å². The Kier molecular flexibility index (Phi) is 7.69. The minimum Gasteiger partial charge on any atom is -0.410 e. The molecule has 1 aromatic rings. The molecule has 0 radical (unpaired) electrons. The van der Waals surface area contributed by atoms with E-state index in [2.05, 4.69) is 15.3 Å². The molecule has 5 rings (SSSR count). The maximum atomic E-state index is 14.1. The van der Waals surface area contributed by atoms with Crippen molar-refractivity contribution in [3.05, 3.63) is 34.5 Å². The number of hydrogen-bond donors (Lipinski definition) is 1. The summed E-state index contributed by atoms with van der Waals surface area (Å²) in [5.41, 5.74) is 3.58. The van der Waals surface area contributed by atoms with Gasteiger partial charge in [-0.25, -0.2) is 14.6 Å². The number of halogens is 1. The first-order valence-corrected chi connectivity index (χ1v) is 13.4. The lowest BCUT2D eigenvalue weighted by atomic mass is 10.0. The Morgan fingerprint density at radius 3 is 2.60 bits per heavy atom. The highest BCUT2D eigenvalue weighted by Crippen LogP contribution is 2.33. The normalized spacial score (nSPS) is 23.6. The Labute approximate surface area is 209 Å². The summed E-state index contributed by atoms with van der Waals surface area (Å²) < 4.78 is 19.8. The molecular weight excluding hydrogens is 469 g/mol. The molecule has 1 N–H and O–H groups in total. The fraction of sp³-hybridized carbons (Fsp3) is 0.560. The molecule has 0 saturated carbocycles. The minimum atomic E-state index is -0.465. The van der Waals surface area contributed by atoms with Gasteiger partial charge >= 0.3 is 6.09 Å². The van der Waals surface area contributed by atoms with E-state index in [1.54, 1.807) is 11.0 Å². The van der Waals surface area contributed by atoms with Crippen molar-refractivity contribution in [3.8, 4) is 5.75 Å². The average molecular weight is 502 g/mol. The molecule has 35 heavy (non-hydrogen) atoms. The van der Waals surface area contributed by atoms with E-state index in [4.69, 9.17) is 4.74 Å². The number of nitrogens with one attached hydrogen (secondary N) is 1. The van der Waals surface area contributed by atoms with E-state index in [0.717, 1.165) is 51.9 Å². The summed E-state index contributed by atoms with van der Waals surface area (Å²) >= 11 is 1.24. The maximum Gasteiger partial charge on any atom is 0.415 e. The van der Waals surface area contributed by atoms with Crippen LogP contribution in [0.5, 0.6) is 5.75 Å². The fourth-order valence-corrected chi connectivity index (χ4v) is 6.00. The van der Waals surface area contributed by atoms with Crippen molar-refractivity contribution < 1.29 is 18.7 Å². The number of amidine groups is 1. The van der Waals surface area contributed by atoms with Gasteiger partial charge in [0, 0.05) is 37.8 Å². The summed E-state index contributed by atoms with van der Waals surface area (Å²) in [5, 5.41) is 2.47. The van der Waals surface area contributed by atoms with Crippen LogP contribution >= 0.6 is 11.8 Å². The molecule has 10 heteroatoms. The molecular formula is C25H32FN5O3S. The number of thioether (sulfide) groups is 1. The summed E-state index contributed by atoms with van der Waals surface area (Å²) in [6, 6.07) is 4.51. The van der Waals surface area contributed by atoms with Crippen LogP contribution in [0, 0.1) is 5.82 Å². The first-order chi connectivity index (χ1) is 17.1. The highest BCUT2D eigenvalue weighted by atomic mass is 32.2. The minimum absolute atomic E-state index is 0.236. The zero-order valence-corrected chi connectivity index (χ0v) is 20.7. The van der Waals surface area contributed by atoms with Crippen LogP contribution in [-0.2, 0) is 4.79 Å². The van der Waals surface area contributed by atoms with Crippen LogP contribution in [0.15, 0.2) is 28.1 Å². The molecule has 3 saturated heterocycles. The molecule has 4 aliphatic rings. The standard InChI is InChI=1S/C25H32FN5O3S/c26-19-6-7-21(34-25(33)30-14-8-20(9-15-30)29-11-3-1-4-12-29)18(16-19)17-22-23(32)28-24(35-22)31-13-5-2-10-27-31/h6-7,16-17,20,27H,1-5,8-15H2. The van der Waals surface area contributed by atoms with Crippen LogP contribution in [0.1, 0.15) is 50.5 Å². The topological polar surface area (TPSA) is 77.5 Å². The number of aliphatic imine (C=N–C) groups is 1. The van der Waals surface area contributed by atoms with E-state index >= 15 is 0 Å². The van der Waals surface area contributed by atoms with E-state index < -0.39 is 11.9 Å². The van der Waals surface area contributed by atoms with Crippen molar-refractivity contribution in [2.75, 3.05) is 39.3 Å². The van der Waals surface area contributed by atoms with Crippen molar-refractivity contribution in [2.24, 2.45) is 4.99 Å². The highest BCUT2D eigenvalue weighted by molar-refractivity contribution is 8.18. The number of amides is 2. The number of carbonyl (C=O) groups excluding carboxylic acids is 2. The Morgan fingerprint density at radius 2 is 1.86 bits per heavy atom. The van der Waals surface area contributed by atoms with Gasteiger partial charge in [-0.2, -0.15) is 4.99 Å². The molecule has 3 fully saturated rings. The lowest BCUT2D eigenvalue weighted by Crippen LogP contribution is -2.48. The first kappa shape index (κ1) is 24.3. The zero-order valence-electron chi connectivity index (χ0n) is 19.9. The summed E-state index contributed by atoms with van der Waals surface area (Å²) in [6.45, 7) is 5.21. The molecule has 0 bridgehead atoms. The molecule has 0 atom stereocenters. The number of hydrazine groups is 1. The molecule has 4 aliphatic heterocycles. The van der Waals surface area contributed by atoms with Crippen LogP contribution < -0.4 is 10.2 Å². The van der Waals surface area contributed by atoms with Crippen molar-refractivity contribution in [1.82, 2.24) is 20.2 Å². The largest absolute Gasteiger partial charge is 0.415 e. The number of ether oxygens (including phenoxy) is 1. The van der Waals surface area contributed by atoms with E-state index in [1.165, 1.54) is 49.2 Å². The van der Waals surface area contributed by atoms with Gasteiger partial charge in [-0.05, 0) is 87.7 Å². The smallest absolute Gasteiger partial charge is 0.410 e. The number of nitrogens with zero attached hydrogens (tertiary/aromatic N) is 4. The molecule has 4 heterocycles. The van der Waals surface area contributed by atoms with Crippen LogP contribution in [0.3, 0.4) is 0 Å². The Hall–Kier alpha value is -2.43. The predicted molar refractivity (Wildman–Crippen MR) is 134 cm³/mol. The maximum absolute atomic E-state index is 14.1. The predicted octanol–water partition coefficient (Wildman–Crippen LogP) is 3.85. The van der Waals surface area contributed by atoms with Crippen LogP contribution in [0.4, 0.5) is 9.18 Å². The van der Waals surface area contributed by atoms with Gasteiger partial charge in [0.2, 0.25) is 0 Å². The first-order valence-electron chi connectivity index (χ1n) is 12.6. The van der Waals surface area contributed by atoms with Crippen molar-refractivity contribution in [2.45, 2.75) is 51.0 Å². The molecule has 2 amide bonds. The molecule has 0 spiro atoms. The lowest BCUT2D eigenvalue weighted by Gasteiger charge is -2.39. The van der Waals surface area contributed by atoms with Gasteiger partial charge in [-0.3, -0.25) is 9.80 Å². The Bertz CT molecular complexity index is 1010. The highest BCUT2D eigenvalue weighted by Gasteiger charge is 2.30. The second kappa shape index (κ2) is 11.1. The van der Waals surface area contributed by atoms with Crippen LogP contribution in [-0.4, -0.2) is 77.3 Å². The second-order valence-corrected chi connectivity index (χ2v) is 10.5. The second-order valence-electron chi connectivity index (χ2n) is 9.44. The number of rotatable bonds is 3. The molecule has 0 aromatic heterocycles. The van der Waals surface area contributed by atoms with Gasteiger partial charge in [0.15, 0.2) is 5.17 Å². The van der Waals surface area contributed by atoms with E-state index in [9.17, 15) is 14.0 Å². The van der Waals surface area contributed by atoms with Crippen molar-refractivity contribution in [1.29, 1.82) is 0 Å². The molecule has 0 unspecified atom stereocenters. The molecule has 0 aliphatic carbocycles. The summed E-state index contributed by atoms with van der Waals surface area (Å²) in [5.74, 6) is -0.605. The van der Waals surface area contributed by atoms with E-state index in [0.29, 0.717) is 34.8 Å². The van der Waals surface area contributed by atoms with Gasteiger partial charge < -0.3 is 14.5 Å². The summed E-state index contributed by atoms with van der Waals surface area (Å²) in [4.78, 5) is 34.2. The van der Waals surface area contributed by atoms with Gasteiger partial charge in [-0.15, -0.1) is 0 Å². The monoisotopic (exact) mass is 501 g/mol. The third kappa shape index (κ3) is 5.87. The SMILES string of the molecule is O=C1N=C(N2CCCCN2)SC1=Cc1cc(F)ccc1OC(=O)N1CCC(N2CCCCC2)CC1. The molecule has 1 aromatic carbocycles. The van der Waals surface area contributed by atoms with Gasteiger partial charge in [0.1, 0.15) is 11.6 Å². The van der Waals surface area contributed by atoms with Crippen LogP contribution in [0.25, 0.3) is 6.08 Å². The summed E-state index contributed by atoms with van der Waals surface area (Å²) in [6.07, 6.45) is 8.93. The number of likely N-dealkylation sites (tertiary alicyclic amines) is 2. The Balaban J connectivity index is 1.23. The van der Waals surface area contributed by atoms with Gasteiger partial charge in [0.25, 0.3) is 5.91 Å². The third-order valence-corrected chi connectivity index (χ3v) is 8.04. The zero-order chi connectivity index (χ0) is 24.2. The van der Waals surface area contributed by atoms with Crippen LogP contribution in [0.2, 0.25) is 0 Å². The number of carbonyl (C=O) groups is 2. The van der Waals surface area contributed by atoms with E-state index in [-0.39, 0.29) is 11.7 Å². The Morgan fingerprint density at radius 1 is 1.09 bits per heavy atom. The van der Waals surface area contributed by atoms with Crippen molar-refractivity contribution >= 4 is 35.0 Å². The lowest BCUT2D eigenvalue weighted by molar-refractivity contribution is -0.113.